The van der Waals surface area contributed by atoms with E-state index in [-0.39, 0.29) is 11.3 Å². The van der Waals surface area contributed by atoms with Gasteiger partial charge in [0.05, 0.1) is 12.0 Å². The fourth-order valence-corrected chi connectivity index (χ4v) is 1.06. The number of anilines is 1. The number of rotatable bonds is 2. The van der Waals surface area contributed by atoms with Crippen molar-refractivity contribution in [2.75, 3.05) is 12.8 Å². The second-order valence-electron chi connectivity index (χ2n) is 2.65. The molecule has 0 aliphatic carbocycles. The molecule has 0 spiro atoms. The molecule has 1 aromatic rings. The normalized spacial score (nSPS) is 9.67. The molecular weight excluding hydrogens is 204 g/mol. The number of carbonyl (C=O) groups excluding carboxylic acids is 1. The van der Waals surface area contributed by atoms with E-state index in [1.165, 1.54) is 0 Å². The third-order valence-corrected chi connectivity index (χ3v) is 1.77. The molecule has 3 N–H and O–H groups in total. The Labute approximate surface area is 84.2 Å². The lowest BCUT2D eigenvalue weighted by Crippen LogP contribution is -2.04. The average Bonchev–Trinajstić information content (AvgIpc) is 2.16. The molecule has 0 saturated heterocycles. The number of methoxy groups -OCH3 is 1. The number of nitrogens with zero attached hydrogens (tertiary/aromatic N) is 1. The minimum atomic E-state index is -0.865. The SMILES string of the molecule is COC(=O)c1ccc(N)c([N+](=O)[O-])c1O. The standard InChI is InChI=1S/C8H8N2O5/c1-15-8(12)4-2-3-5(9)6(7(4)11)10(13)14/h2-3,11H,9H2,1H3. The number of benzene rings is 1. The van der Waals surface area contributed by atoms with E-state index in [1.807, 2.05) is 0 Å². The van der Waals surface area contributed by atoms with Crippen LogP contribution in [0.1, 0.15) is 10.4 Å². The highest BCUT2D eigenvalue weighted by molar-refractivity contribution is 5.95. The number of hydrogen-bond acceptors (Lipinski definition) is 6. The van der Waals surface area contributed by atoms with Crippen molar-refractivity contribution >= 4 is 17.3 Å². The topological polar surface area (TPSA) is 116 Å². The molecule has 0 radical (unpaired) electrons. The molecule has 0 aliphatic rings. The van der Waals surface area contributed by atoms with E-state index in [4.69, 9.17) is 5.73 Å². The number of phenolic OH excluding ortho intramolecular Hbond substituents is 1. The predicted molar refractivity (Wildman–Crippen MR) is 50.5 cm³/mol. The van der Waals surface area contributed by atoms with E-state index < -0.39 is 22.3 Å². The molecule has 1 aromatic carbocycles. The van der Waals surface area contributed by atoms with Crippen LogP contribution in [-0.2, 0) is 4.74 Å². The van der Waals surface area contributed by atoms with Gasteiger partial charge in [0.15, 0.2) is 0 Å². The first-order valence-electron chi connectivity index (χ1n) is 3.83. The summed E-state index contributed by atoms with van der Waals surface area (Å²) in [4.78, 5) is 20.7. The number of aromatic hydroxyl groups is 1. The van der Waals surface area contributed by atoms with Crippen molar-refractivity contribution in [1.82, 2.24) is 0 Å². The lowest BCUT2D eigenvalue weighted by Gasteiger charge is -2.04. The van der Waals surface area contributed by atoms with E-state index in [2.05, 4.69) is 4.74 Å². The fraction of sp³-hybridized carbons (Fsp3) is 0.125. The molecule has 15 heavy (non-hydrogen) atoms. The largest absolute Gasteiger partial charge is 0.501 e. The van der Waals surface area contributed by atoms with Crippen molar-refractivity contribution in [2.45, 2.75) is 0 Å². The summed E-state index contributed by atoms with van der Waals surface area (Å²) >= 11 is 0. The molecule has 0 amide bonds. The minimum absolute atomic E-state index is 0.217. The van der Waals surface area contributed by atoms with Gasteiger partial charge in [-0.25, -0.2) is 4.79 Å². The second kappa shape index (κ2) is 3.82. The van der Waals surface area contributed by atoms with Crippen LogP contribution in [0.5, 0.6) is 5.75 Å². The predicted octanol–water partition coefficient (Wildman–Crippen LogP) is 0.669. The van der Waals surface area contributed by atoms with Gasteiger partial charge < -0.3 is 15.6 Å². The Morgan fingerprint density at radius 1 is 1.60 bits per heavy atom. The molecule has 0 saturated carbocycles. The van der Waals surface area contributed by atoms with Crippen LogP contribution in [0.15, 0.2) is 12.1 Å². The Hall–Kier alpha value is -2.31. The third kappa shape index (κ3) is 1.80. The van der Waals surface area contributed by atoms with Crippen molar-refractivity contribution in [3.8, 4) is 5.75 Å². The van der Waals surface area contributed by atoms with E-state index in [0.717, 1.165) is 19.2 Å². The quantitative estimate of drug-likeness (QED) is 0.322. The first-order valence-corrected chi connectivity index (χ1v) is 3.83. The van der Waals surface area contributed by atoms with Crippen molar-refractivity contribution in [3.05, 3.63) is 27.8 Å². The number of phenols is 1. The molecule has 7 heteroatoms. The maximum Gasteiger partial charge on any atom is 0.341 e. The molecule has 0 bridgehead atoms. The first-order chi connectivity index (χ1) is 6.99. The van der Waals surface area contributed by atoms with Gasteiger partial charge in [0.25, 0.3) is 0 Å². The zero-order valence-electron chi connectivity index (χ0n) is 7.76. The summed E-state index contributed by atoms with van der Waals surface area (Å²) in [6, 6.07) is 2.31. The number of nitrogens with two attached hydrogens (primary N) is 1. The molecule has 0 aliphatic heterocycles. The molecule has 1 rings (SSSR count). The lowest BCUT2D eigenvalue weighted by molar-refractivity contribution is -0.384. The molecule has 7 nitrogen and oxygen atoms in total. The van der Waals surface area contributed by atoms with Crippen molar-refractivity contribution in [1.29, 1.82) is 0 Å². The van der Waals surface area contributed by atoms with E-state index in [9.17, 15) is 20.0 Å². The van der Waals surface area contributed by atoms with Crippen LogP contribution in [0.4, 0.5) is 11.4 Å². The average molecular weight is 212 g/mol. The molecule has 80 valence electrons. The maximum absolute atomic E-state index is 11.1. The van der Waals surface area contributed by atoms with E-state index in [0.29, 0.717) is 0 Å². The van der Waals surface area contributed by atoms with Crippen LogP contribution in [0, 0.1) is 10.1 Å². The van der Waals surface area contributed by atoms with Crippen LogP contribution in [0.3, 0.4) is 0 Å². The van der Waals surface area contributed by atoms with E-state index in [1.54, 1.807) is 0 Å². The zero-order chi connectivity index (χ0) is 11.6. The maximum atomic E-state index is 11.1. The van der Waals surface area contributed by atoms with Gasteiger partial charge >= 0.3 is 11.7 Å². The molecule has 0 heterocycles. The van der Waals surface area contributed by atoms with Crippen LogP contribution in [0.2, 0.25) is 0 Å². The van der Waals surface area contributed by atoms with Gasteiger partial charge in [-0.2, -0.15) is 0 Å². The van der Waals surface area contributed by atoms with Gasteiger partial charge in [-0.15, -0.1) is 0 Å². The van der Waals surface area contributed by atoms with E-state index >= 15 is 0 Å². The number of esters is 1. The summed E-state index contributed by atoms with van der Waals surface area (Å²) in [7, 11) is 1.10. The molecule has 0 unspecified atom stereocenters. The van der Waals surface area contributed by atoms with Crippen molar-refractivity contribution in [2.24, 2.45) is 0 Å². The number of nitro benzene ring substituents is 1. The third-order valence-electron chi connectivity index (χ3n) is 1.77. The Morgan fingerprint density at radius 3 is 2.67 bits per heavy atom. The Bertz CT molecular complexity index is 429. The minimum Gasteiger partial charge on any atom is -0.501 e. The summed E-state index contributed by atoms with van der Waals surface area (Å²) in [6.07, 6.45) is 0. The smallest absolute Gasteiger partial charge is 0.341 e. The van der Waals surface area contributed by atoms with Crippen LogP contribution in [0.25, 0.3) is 0 Å². The molecular formula is C8H8N2O5. The van der Waals surface area contributed by atoms with Gasteiger partial charge in [0.2, 0.25) is 5.75 Å². The summed E-state index contributed by atoms with van der Waals surface area (Å²) in [5.41, 5.74) is 4.07. The zero-order valence-corrected chi connectivity index (χ0v) is 7.76. The lowest BCUT2D eigenvalue weighted by atomic mass is 10.1. The number of ether oxygens (including phenoxy) is 1. The van der Waals surface area contributed by atoms with Crippen molar-refractivity contribution in [3.63, 3.8) is 0 Å². The van der Waals surface area contributed by atoms with Gasteiger partial charge in [-0.1, -0.05) is 0 Å². The number of hydrogen-bond donors (Lipinski definition) is 2. The highest BCUT2D eigenvalue weighted by atomic mass is 16.6. The number of nitrogen functional groups attached to an aromatic ring is 1. The molecule has 0 fully saturated rings. The highest BCUT2D eigenvalue weighted by Crippen LogP contribution is 2.35. The van der Waals surface area contributed by atoms with Crippen LogP contribution in [-0.4, -0.2) is 23.1 Å². The van der Waals surface area contributed by atoms with Gasteiger partial charge in [0, 0.05) is 0 Å². The highest BCUT2D eigenvalue weighted by Gasteiger charge is 2.24. The molecule has 0 atom stereocenters. The Balaban J connectivity index is 3.41. The number of carbonyl (C=O) groups is 1. The second-order valence-corrected chi connectivity index (χ2v) is 2.65. The van der Waals surface area contributed by atoms with Gasteiger partial charge in [-0.3, -0.25) is 10.1 Å². The van der Waals surface area contributed by atoms with Crippen LogP contribution >= 0.6 is 0 Å². The van der Waals surface area contributed by atoms with Crippen LogP contribution < -0.4 is 5.73 Å². The summed E-state index contributed by atoms with van der Waals surface area (Å²) < 4.78 is 4.33. The monoisotopic (exact) mass is 212 g/mol. The van der Waals surface area contributed by atoms with Gasteiger partial charge in [-0.05, 0) is 12.1 Å². The first kappa shape index (κ1) is 10.8. The summed E-state index contributed by atoms with van der Waals surface area (Å²) in [5, 5.41) is 19.9. The number of nitro groups is 1. The summed E-state index contributed by atoms with van der Waals surface area (Å²) in [6.45, 7) is 0. The Kier molecular flexibility index (Phi) is 2.75. The Morgan fingerprint density at radius 2 is 2.20 bits per heavy atom. The molecule has 0 aromatic heterocycles. The van der Waals surface area contributed by atoms with Gasteiger partial charge in [0.1, 0.15) is 11.3 Å². The fourth-order valence-electron chi connectivity index (χ4n) is 1.06. The summed E-state index contributed by atoms with van der Waals surface area (Å²) in [5.74, 6) is -1.65. The van der Waals surface area contributed by atoms with Crippen molar-refractivity contribution < 1.29 is 19.6 Å².